The maximum absolute atomic E-state index is 13.7. The Bertz CT molecular complexity index is 1060. The van der Waals surface area contributed by atoms with Crippen LogP contribution < -0.4 is 5.32 Å². The molecule has 0 heterocycles. The molecule has 0 fully saturated rings. The molecule has 0 radical (unpaired) electrons. The van der Waals surface area contributed by atoms with E-state index in [1.165, 1.54) is 0 Å². The number of carbonyl (C=O) groups excluding carboxylic acids is 2. The van der Waals surface area contributed by atoms with Gasteiger partial charge in [0, 0.05) is 18.5 Å². The van der Waals surface area contributed by atoms with Gasteiger partial charge < -0.3 is 10.2 Å². The number of nitrogens with one attached hydrogen (secondary N) is 1. The summed E-state index contributed by atoms with van der Waals surface area (Å²) in [6, 6.07) is 27.0. The average Bonchev–Trinajstić information content (AvgIpc) is 2.78. The van der Waals surface area contributed by atoms with Crippen molar-refractivity contribution in [3.05, 3.63) is 107 Å². The van der Waals surface area contributed by atoms with Gasteiger partial charge in [0.2, 0.25) is 11.8 Å². The summed E-state index contributed by atoms with van der Waals surface area (Å²) in [6.07, 6.45) is 0.711. The van der Waals surface area contributed by atoms with Crippen LogP contribution in [0.15, 0.2) is 84.9 Å². The molecule has 0 bridgehead atoms. The molecule has 3 rings (SSSR count). The third-order valence-corrected chi connectivity index (χ3v) is 5.57. The van der Waals surface area contributed by atoms with Crippen LogP contribution in [0.25, 0.3) is 0 Å². The molecule has 0 saturated heterocycles. The molecule has 0 aromatic heterocycles. The smallest absolute Gasteiger partial charge is 0.243 e. The lowest BCUT2D eigenvalue weighted by Gasteiger charge is -2.34. The second-order valence-electron chi connectivity index (χ2n) is 9.56. The van der Waals surface area contributed by atoms with E-state index in [0.29, 0.717) is 13.0 Å². The zero-order chi connectivity index (χ0) is 23.8. The first kappa shape index (κ1) is 24.2. The summed E-state index contributed by atoms with van der Waals surface area (Å²) in [4.78, 5) is 29.0. The van der Waals surface area contributed by atoms with Crippen LogP contribution in [0.1, 0.15) is 43.0 Å². The quantitative estimate of drug-likeness (QED) is 0.528. The second-order valence-corrected chi connectivity index (χ2v) is 9.56. The fraction of sp³-hybridized carbons (Fsp3) is 0.310. The van der Waals surface area contributed by atoms with Crippen molar-refractivity contribution in [2.75, 3.05) is 0 Å². The molecule has 2 amide bonds. The average molecular weight is 443 g/mol. The number of hydrogen-bond donors (Lipinski definition) is 1. The molecule has 0 saturated carbocycles. The maximum Gasteiger partial charge on any atom is 0.243 e. The van der Waals surface area contributed by atoms with Crippen LogP contribution in [0.2, 0.25) is 0 Å². The zero-order valence-corrected chi connectivity index (χ0v) is 20.0. The molecule has 0 spiro atoms. The molecule has 33 heavy (non-hydrogen) atoms. The monoisotopic (exact) mass is 442 g/mol. The van der Waals surface area contributed by atoms with Crippen LogP contribution in [-0.4, -0.2) is 28.3 Å². The standard InChI is InChI=1S/C29H34N2O2/c1-22-13-11-12-18-25(22)20-27(32)31(21-24-16-9-6-10-17-24)26(28(33)30-29(2,3)4)19-23-14-7-5-8-15-23/h5-18,26H,19-21H2,1-4H3,(H,30,33). The Morgan fingerprint density at radius 1 is 0.818 bits per heavy atom. The summed E-state index contributed by atoms with van der Waals surface area (Å²) < 4.78 is 0. The summed E-state index contributed by atoms with van der Waals surface area (Å²) in [5.41, 5.74) is 3.67. The molecular weight excluding hydrogens is 408 g/mol. The largest absolute Gasteiger partial charge is 0.350 e. The van der Waals surface area contributed by atoms with Crippen LogP contribution in [0.4, 0.5) is 0 Å². The van der Waals surface area contributed by atoms with E-state index in [-0.39, 0.29) is 18.2 Å². The molecule has 0 aliphatic carbocycles. The predicted molar refractivity (Wildman–Crippen MR) is 134 cm³/mol. The minimum Gasteiger partial charge on any atom is -0.350 e. The lowest BCUT2D eigenvalue weighted by Crippen LogP contribution is -2.54. The Kier molecular flexibility index (Phi) is 8.05. The Balaban J connectivity index is 1.98. The van der Waals surface area contributed by atoms with E-state index in [1.54, 1.807) is 4.90 Å². The number of carbonyl (C=O) groups is 2. The van der Waals surface area contributed by atoms with Gasteiger partial charge in [-0.3, -0.25) is 9.59 Å². The van der Waals surface area contributed by atoms with Crippen LogP contribution in [0.5, 0.6) is 0 Å². The van der Waals surface area contributed by atoms with E-state index < -0.39 is 11.6 Å². The predicted octanol–water partition coefficient (Wildman–Crippen LogP) is 5.09. The molecular formula is C29H34N2O2. The minimum absolute atomic E-state index is 0.0573. The fourth-order valence-electron chi connectivity index (χ4n) is 3.86. The van der Waals surface area contributed by atoms with Gasteiger partial charge in [0.1, 0.15) is 6.04 Å². The second kappa shape index (κ2) is 11.0. The molecule has 0 aliphatic rings. The van der Waals surface area contributed by atoms with E-state index in [2.05, 4.69) is 5.32 Å². The highest BCUT2D eigenvalue weighted by Crippen LogP contribution is 2.18. The van der Waals surface area contributed by atoms with Gasteiger partial charge >= 0.3 is 0 Å². The third kappa shape index (κ3) is 7.31. The summed E-state index contributed by atoms with van der Waals surface area (Å²) in [5, 5.41) is 3.10. The summed E-state index contributed by atoms with van der Waals surface area (Å²) in [5.74, 6) is -0.196. The molecule has 0 aliphatic heterocycles. The maximum atomic E-state index is 13.7. The Labute approximate surface area is 197 Å². The van der Waals surface area contributed by atoms with Gasteiger partial charge in [-0.15, -0.1) is 0 Å². The molecule has 172 valence electrons. The molecule has 4 heteroatoms. The highest BCUT2D eigenvalue weighted by Gasteiger charge is 2.32. The Morgan fingerprint density at radius 2 is 1.36 bits per heavy atom. The highest BCUT2D eigenvalue weighted by molar-refractivity contribution is 5.89. The van der Waals surface area contributed by atoms with Crippen molar-refractivity contribution in [2.24, 2.45) is 0 Å². The Morgan fingerprint density at radius 3 is 1.94 bits per heavy atom. The molecule has 1 N–H and O–H groups in total. The highest BCUT2D eigenvalue weighted by atomic mass is 16.2. The fourth-order valence-corrected chi connectivity index (χ4v) is 3.86. The lowest BCUT2D eigenvalue weighted by atomic mass is 9.99. The van der Waals surface area contributed by atoms with Gasteiger partial charge in [-0.1, -0.05) is 84.9 Å². The van der Waals surface area contributed by atoms with Crippen LogP contribution in [0, 0.1) is 6.92 Å². The molecule has 4 nitrogen and oxygen atoms in total. The van der Waals surface area contributed by atoms with Crippen molar-refractivity contribution in [3.63, 3.8) is 0 Å². The molecule has 1 atom stereocenters. The van der Waals surface area contributed by atoms with Crippen molar-refractivity contribution in [1.29, 1.82) is 0 Å². The van der Waals surface area contributed by atoms with Crippen LogP contribution in [0.3, 0.4) is 0 Å². The van der Waals surface area contributed by atoms with E-state index in [4.69, 9.17) is 0 Å². The number of benzene rings is 3. The van der Waals surface area contributed by atoms with Crippen molar-refractivity contribution >= 4 is 11.8 Å². The first-order valence-corrected chi connectivity index (χ1v) is 11.5. The third-order valence-electron chi connectivity index (χ3n) is 5.57. The SMILES string of the molecule is Cc1ccccc1CC(=O)N(Cc1ccccc1)C(Cc1ccccc1)C(=O)NC(C)(C)C. The first-order valence-electron chi connectivity index (χ1n) is 11.5. The van der Waals surface area contributed by atoms with Gasteiger partial charge in [-0.2, -0.15) is 0 Å². The van der Waals surface area contributed by atoms with Gasteiger partial charge in [0.15, 0.2) is 0 Å². The van der Waals surface area contributed by atoms with Gasteiger partial charge in [0.25, 0.3) is 0 Å². The van der Waals surface area contributed by atoms with Crippen LogP contribution in [-0.2, 0) is 29.0 Å². The normalized spacial score (nSPS) is 12.1. The number of amides is 2. The van der Waals surface area contributed by atoms with Crippen molar-refractivity contribution in [1.82, 2.24) is 10.2 Å². The number of nitrogens with zero attached hydrogens (tertiary/aromatic N) is 1. The molecule has 3 aromatic carbocycles. The molecule has 1 unspecified atom stereocenters. The van der Waals surface area contributed by atoms with Crippen molar-refractivity contribution in [3.8, 4) is 0 Å². The van der Waals surface area contributed by atoms with E-state index in [0.717, 1.165) is 22.3 Å². The van der Waals surface area contributed by atoms with Gasteiger partial charge in [0.05, 0.1) is 6.42 Å². The Hall–Kier alpha value is -3.40. The number of hydrogen-bond acceptors (Lipinski definition) is 2. The minimum atomic E-state index is -0.622. The van der Waals surface area contributed by atoms with Crippen molar-refractivity contribution in [2.45, 2.75) is 58.7 Å². The summed E-state index contributed by atoms with van der Waals surface area (Å²) in [7, 11) is 0. The van der Waals surface area contributed by atoms with Crippen molar-refractivity contribution < 1.29 is 9.59 Å². The van der Waals surface area contributed by atoms with E-state index in [1.807, 2.05) is 113 Å². The summed E-state index contributed by atoms with van der Waals surface area (Å²) >= 11 is 0. The van der Waals surface area contributed by atoms with Gasteiger partial charge in [-0.25, -0.2) is 0 Å². The van der Waals surface area contributed by atoms with E-state index >= 15 is 0 Å². The number of rotatable bonds is 8. The topological polar surface area (TPSA) is 49.4 Å². The lowest BCUT2D eigenvalue weighted by molar-refractivity contribution is -0.141. The first-order chi connectivity index (χ1) is 15.7. The van der Waals surface area contributed by atoms with E-state index in [9.17, 15) is 9.59 Å². The number of aryl methyl sites for hydroxylation is 1. The molecule has 3 aromatic rings. The zero-order valence-electron chi connectivity index (χ0n) is 20.0. The van der Waals surface area contributed by atoms with Gasteiger partial charge in [-0.05, 0) is 49.9 Å². The summed E-state index contributed by atoms with van der Waals surface area (Å²) in [6.45, 7) is 8.27. The van der Waals surface area contributed by atoms with Crippen LogP contribution >= 0.6 is 0 Å².